The van der Waals surface area contributed by atoms with Crippen LogP contribution in [0.2, 0.25) is 0 Å². The summed E-state index contributed by atoms with van der Waals surface area (Å²) in [6.45, 7) is 2.56. The summed E-state index contributed by atoms with van der Waals surface area (Å²) in [4.78, 5) is 30.5. The van der Waals surface area contributed by atoms with Gasteiger partial charge in [0.05, 0.1) is 9.93 Å². The summed E-state index contributed by atoms with van der Waals surface area (Å²) in [5, 5.41) is 1.02. The third-order valence-electron chi connectivity index (χ3n) is 3.91. The minimum Gasteiger partial charge on any atom is -0.294 e. The third-order valence-corrected chi connectivity index (χ3v) is 5.99. The van der Waals surface area contributed by atoms with Crippen LogP contribution in [0.1, 0.15) is 32.6 Å². The molecule has 1 aliphatic heterocycles. The third kappa shape index (κ3) is 4.84. The number of imide groups is 1. The summed E-state index contributed by atoms with van der Waals surface area (Å²) >= 11 is 2.84. The van der Waals surface area contributed by atoms with E-state index < -0.39 is 0 Å². The van der Waals surface area contributed by atoms with Crippen molar-refractivity contribution in [3.05, 3.63) is 41.6 Å². The van der Waals surface area contributed by atoms with Gasteiger partial charge >= 0.3 is 0 Å². The first-order valence-corrected chi connectivity index (χ1v) is 10.3. The molecule has 3 rings (SSSR count). The Morgan fingerprint density at radius 2 is 2.12 bits per heavy atom. The van der Waals surface area contributed by atoms with Crippen LogP contribution in [0.25, 0.3) is 5.65 Å². The van der Waals surface area contributed by atoms with E-state index in [-0.39, 0.29) is 23.6 Å². The van der Waals surface area contributed by atoms with Crippen LogP contribution in [0.3, 0.4) is 0 Å². The van der Waals surface area contributed by atoms with Crippen LogP contribution in [-0.4, -0.2) is 37.7 Å². The van der Waals surface area contributed by atoms with E-state index >= 15 is 0 Å². The monoisotopic (exact) mass is 411 g/mol. The molecule has 2 aromatic rings. The summed E-state index contributed by atoms with van der Waals surface area (Å²) < 4.78 is 2.07. The van der Waals surface area contributed by atoms with Gasteiger partial charge in [-0.1, -0.05) is 25.5 Å². The molecule has 0 unspecified atom stereocenters. The van der Waals surface area contributed by atoms with Gasteiger partial charge in [-0.25, -0.2) is 4.98 Å². The Hall–Kier alpha value is -1.44. The van der Waals surface area contributed by atoms with Gasteiger partial charge in [-0.2, -0.15) is 0 Å². The molecular weight excluding hydrogens is 390 g/mol. The number of halogens is 1. The zero-order chi connectivity index (χ0) is 17.6. The average molecular weight is 412 g/mol. The van der Waals surface area contributed by atoms with E-state index in [1.807, 2.05) is 24.4 Å². The fraction of sp³-hybridized carbons (Fsp3) is 0.389. The number of pyridine rings is 1. The van der Waals surface area contributed by atoms with Gasteiger partial charge in [0.25, 0.3) is 11.1 Å². The molecule has 2 amide bonds. The number of nitrogens with zero attached hydrogens (tertiary/aromatic N) is 3. The molecule has 1 fully saturated rings. The van der Waals surface area contributed by atoms with E-state index in [4.69, 9.17) is 0 Å². The smallest absolute Gasteiger partial charge is 0.293 e. The van der Waals surface area contributed by atoms with Crippen molar-refractivity contribution >= 4 is 52.7 Å². The first-order chi connectivity index (χ1) is 12.2. The molecule has 1 aliphatic rings. The predicted molar refractivity (Wildman–Crippen MR) is 110 cm³/mol. The largest absolute Gasteiger partial charge is 0.294 e. The van der Waals surface area contributed by atoms with Gasteiger partial charge in [0, 0.05) is 18.9 Å². The number of fused-ring (bicyclic) bond motifs is 1. The van der Waals surface area contributed by atoms with Crippen LogP contribution in [0.15, 0.2) is 46.6 Å². The highest BCUT2D eigenvalue weighted by molar-refractivity contribution is 8.18. The van der Waals surface area contributed by atoms with Gasteiger partial charge in [0.2, 0.25) is 0 Å². The molecule has 8 heteroatoms. The number of hydrogen-bond acceptors (Lipinski definition) is 5. The molecule has 0 radical (unpaired) electrons. The number of unbranched alkanes of at least 4 members (excludes halogenated alkanes) is 2. The standard InChI is InChI=1S/C18H21N3O2S2.ClH/c1-2-3-7-14-17(22)21(18(23)25-14)11-4-5-13-24-16-9-6-8-15-19-10-12-20(15)16;/h6-10,12H,2-5,11,13H2,1H3;1H/b14-7+;. The van der Waals surface area contributed by atoms with E-state index in [9.17, 15) is 9.59 Å². The molecule has 0 aliphatic carbocycles. The van der Waals surface area contributed by atoms with E-state index in [1.165, 1.54) is 4.90 Å². The molecule has 26 heavy (non-hydrogen) atoms. The maximum absolute atomic E-state index is 12.2. The Kier molecular flexibility index (Phi) is 8.06. The molecule has 0 bridgehead atoms. The van der Waals surface area contributed by atoms with Gasteiger partial charge in [0.15, 0.2) is 0 Å². The lowest BCUT2D eigenvalue weighted by Gasteiger charge is -2.12. The maximum Gasteiger partial charge on any atom is 0.293 e. The summed E-state index contributed by atoms with van der Waals surface area (Å²) in [5.41, 5.74) is 0.946. The molecule has 0 aromatic carbocycles. The van der Waals surface area contributed by atoms with Crippen LogP contribution < -0.4 is 0 Å². The van der Waals surface area contributed by atoms with Crippen molar-refractivity contribution in [1.29, 1.82) is 0 Å². The van der Waals surface area contributed by atoms with Crippen LogP contribution in [0, 0.1) is 0 Å². The second-order valence-electron chi connectivity index (χ2n) is 5.76. The number of amides is 2. The first-order valence-electron chi connectivity index (χ1n) is 8.49. The number of rotatable bonds is 8. The SMILES string of the molecule is CCC/C=C1/SC(=O)N(CCCCSc2cccc3nccn23)C1=O.Cl. The van der Waals surface area contributed by atoms with Crippen molar-refractivity contribution < 1.29 is 9.59 Å². The number of thioether (sulfide) groups is 2. The number of aromatic nitrogens is 2. The van der Waals surface area contributed by atoms with Crippen molar-refractivity contribution in [2.45, 2.75) is 37.6 Å². The molecule has 0 spiro atoms. The van der Waals surface area contributed by atoms with Crippen molar-refractivity contribution in [1.82, 2.24) is 14.3 Å². The normalized spacial score (nSPS) is 15.9. The summed E-state index contributed by atoms with van der Waals surface area (Å²) in [5.74, 6) is 0.818. The minimum absolute atomic E-state index is 0. The summed E-state index contributed by atoms with van der Waals surface area (Å²) in [7, 11) is 0. The number of hydrogen-bond donors (Lipinski definition) is 0. The highest BCUT2D eigenvalue weighted by Gasteiger charge is 2.34. The van der Waals surface area contributed by atoms with E-state index in [1.54, 1.807) is 18.0 Å². The topological polar surface area (TPSA) is 54.7 Å². The van der Waals surface area contributed by atoms with Gasteiger partial charge in [-0.05, 0) is 48.9 Å². The van der Waals surface area contributed by atoms with Gasteiger partial charge in [-0.3, -0.25) is 18.9 Å². The molecule has 140 valence electrons. The van der Waals surface area contributed by atoms with Crippen molar-refractivity contribution in [2.24, 2.45) is 0 Å². The lowest BCUT2D eigenvalue weighted by atomic mass is 10.3. The number of imidazole rings is 1. The van der Waals surface area contributed by atoms with E-state index in [0.29, 0.717) is 11.4 Å². The highest BCUT2D eigenvalue weighted by Crippen LogP contribution is 2.31. The van der Waals surface area contributed by atoms with Crippen LogP contribution in [0.4, 0.5) is 4.79 Å². The lowest BCUT2D eigenvalue weighted by Crippen LogP contribution is -2.29. The number of carbonyl (C=O) groups excluding carboxylic acids is 2. The second kappa shape index (κ2) is 10.0. The van der Waals surface area contributed by atoms with E-state index in [2.05, 4.69) is 22.4 Å². The highest BCUT2D eigenvalue weighted by atomic mass is 35.5. The van der Waals surface area contributed by atoms with Gasteiger partial charge in [-0.15, -0.1) is 24.2 Å². The minimum atomic E-state index is -0.136. The Morgan fingerprint density at radius 1 is 1.27 bits per heavy atom. The molecule has 0 atom stereocenters. The van der Waals surface area contributed by atoms with Crippen LogP contribution >= 0.6 is 35.9 Å². The molecule has 3 heterocycles. The maximum atomic E-state index is 12.2. The zero-order valence-electron chi connectivity index (χ0n) is 14.6. The fourth-order valence-electron chi connectivity index (χ4n) is 2.59. The van der Waals surface area contributed by atoms with Crippen LogP contribution in [0.5, 0.6) is 0 Å². The van der Waals surface area contributed by atoms with Gasteiger partial charge in [0.1, 0.15) is 5.65 Å². The number of allylic oxidation sites excluding steroid dienone is 1. The quantitative estimate of drug-likeness (QED) is 0.347. The number of carbonyl (C=O) groups is 2. The lowest BCUT2D eigenvalue weighted by molar-refractivity contribution is -0.122. The zero-order valence-corrected chi connectivity index (χ0v) is 17.0. The van der Waals surface area contributed by atoms with E-state index in [0.717, 1.165) is 53.9 Å². The molecular formula is C18H22ClN3O2S2. The van der Waals surface area contributed by atoms with Crippen molar-refractivity contribution in [3.63, 3.8) is 0 Å². The molecule has 1 saturated heterocycles. The molecule has 0 N–H and O–H groups in total. The van der Waals surface area contributed by atoms with Crippen molar-refractivity contribution in [2.75, 3.05) is 12.3 Å². The molecule has 5 nitrogen and oxygen atoms in total. The fourth-order valence-corrected chi connectivity index (χ4v) is 4.49. The Morgan fingerprint density at radius 3 is 2.92 bits per heavy atom. The Balaban J connectivity index is 0.00000243. The summed E-state index contributed by atoms with van der Waals surface area (Å²) in [6.07, 6.45) is 9.23. The van der Waals surface area contributed by atoms with Crippen molar-refractivity contribution in [3.8, 4) is 0 Å². The Bertz CT molecular complexity index is 807. The first kappa shape index (κ1) is 20.9. The second-order valence-corrected chi connectivity index (χ2v) is 7.87. The summed E-state index contributed by atoms with van der Waals surface area (Å²) in [6, 6.07) is 6.07. The Labute approximate surface area is 168 Å². The van der Waals surface area contributed by atoms with Crippen LogP contribution in [-0.2, 0) is 4.79 Å². The molecule has 2 aromatic heterocycles. The predicted octanol–water partition coefficient (Wildman–Crippen LogP) is 5.01. The van der Waals surface area contributed by atoms with Gasteiger partial charge < -0.3 is 0 Å². The average Bonchev–Trinajstić information content (AvgIpc) is 3.19. The molecule has 0 saturated carbocycles.